The van der Waals surface area contributed by atoms with Gasteiger partial charge in [0.05, 0.1) is 0 Å². The maximum atomic E-state index is 11.5. The molecule has 82 valence electrons. The molecule has 0 radical (unpaired) electrons. The van der Waals surface area contributed by atoms with Crippen LogP contribution in [0.5, 0.6) is 0 Å². The first-order valence-electron chi connectivity index (χ1n) is 4.71. The Hall–Kier alpha value is -1.22. The summed E-state index contributed by atoms with van der Waals surface area (Å²) in [5, 5.41) is 6.10. The van der Waals surface area contributed by atoms with E-state index in [-0.39, 0.29) is 11.6 Å². The van der Waals surface area contributed by atoms with Crippen molar-refractivity contribution in [3.05, 3.63) is 29.3 Å². The number of hydrogen-bond donors (Lipinski definition) is 2. The SMILES string of the molecule is CC(C)(C)NC(=O)Nc1cccc(Cl)c1. The minimum Gasteiger partial charge on any atom is -0.333 e. The van der Waals surface area contributed by atoms with E-state index in [0.29, 0.717) is 10.7 Å². The molecule has 0 aliphatic heterocycles. The maximum absolute atomic E-state index is 11.5. The van der Waals surface area contributed by atoms with E-state index in [1.165, 1.54) is 0 Å². The Kier molecular flexibility index (Phi) is 3.58. The molecule has 0 saturated carbocycles. The van der Waals surface area contributed by atoms with Crippen LogP contribution < -0.4 is 10.6 Å². The molecular weight excluding hydrogens is 212 g/mol. The Morgan fingerprint density at radius 1 is 1.33 bits per heavy atom. The Balaban J connectivity index is 2.59. The summed E-state index contributed by atoms with van der Waals surface area (Å²) in [6, 6.07) is 6.80. The van der Waals surface area contributed by atoms with E-state index in [1.807, 2.05) is 20.8 Å². The molecule has 4 heteroatoms. The number of halogens is 1. The molecule has 0 atom stereocenters. The van der Waals surface area contributed by atoms with E-state index in [9.17, 15) is 4.79 Å². The monoisotopic (exact) mass is 226 g/mol. The third-order valence-electron chi connectivity index (χ3n) is 1.57. The fraction of sp³-hybridized carbons (Fsp3) is 0.364. The summed E-state index contributed by atoms with van der Waals surface area (Å²) in [6.45, 7) is 5.76. The van der Waals surface area contributed by atoms with Crippen LogP contribution in [0.25, 0.3) is 0 Å². The van der Waals surface area contributed by atoms with Gasteiger partial charge in [0.1, 0.15) is 0 Å². The summed E-state index contributed by atoms with van der Waals surface area (Å²) in [4.78, 5) is 11.5. The lowest BCUT2D eigenvalue weighted by Crippen LogP contribution is -2.43. The zero-order chi connectivity index (χ0) is 11.5. The van der Waals surface area contributed by atoms with Gasteiger partial charge in [0, 0.05) is 16.2 Å². The molecule has 0 unspecified atom stereocenters. The molecule has 0 aliphatic rings. The molecule has 0 aliphatic carbocycles. The van der Waals surface area contributed by atoms with Crippen molar-refractivity contribution in [1.29, 1.82) is 0 Å². The zero-order valence-electron chi connectivity index (χ0n) is 9.10. The number of carbonyl (C=O) groups is 1. The first-order valence-corrected chi connectivity index (χ1v) is 5.09. The Morgan fingerprint density at radius 2 is 2.00 bits per heavy atom. The predicted octanol–water partition coefficient (Wildman–Crippen LogP) is 3.26. The van der Waals surface area contributed by atoms with Crippen LogP contribution in [-0.2, 0) is 0 Å². The van der Waals surface area contributed by atoms with Gasteiger partial charge >= 0.3 is 6.03 Å². The summed E-state index contributed by atoms with van der Waals surface area (Å²) in [5.74, 6) is 0. The molecule has 0 saturated heterocycles. The topological polar surface area (TPSA) is 41.1 Å². The number of rotatable bonds is 1. The van der Waals surface area contributed by atoms with Crippen molar-refractivity contribution < 1.29 is 4.79 Å². The van der Waals surface area contributed by atoms with E-state index in [0.717, 1.165) is 0 Å². The number of nitrogens with one attached hydrogen (secondary N) is 2. The zero-order valence-corrected chi connectivity index (χ0v) is 9.85. The minimum absolute atomic E-state index is 0.232. The van der Waals surface area contributed by atoms with Crippen molar-refractivity contribution in [1.82, 2.24) is 5.32 Å². The number of urea groups is 1. The second kappa shape index (κ2) is 4.53. The Labute approximate surface area is 94.8 Å². The molecule has 0 bridgehead atoms. The highest BCUT2D eigenvalue weighted by atomic mass is 35.5. The van der Waals surface area contributed by atoms with Crippen LogP contribution in [0.15, 0.2) is 24.3 Å². The van der Waals surface area contributed by atoms with Crippen LogP contribution in [0, 0.1) is 0 Å². The highest BCUT2D eigenvalue weighted by molar-refractivity contribution is 6.30. The van der Waals surface area contributed by atoms with Gasteiger partial charge in [-0.2, -0.15) is 0 Å². The van der Waals surface area contributed by atoms with E-state index in [1.54, 1.807) is 24.3 Å². The van der Waals surface area contributed by atoms with Crippen molar-refractivity contribution >= 4 is 23.3 Å². The van der Waals surface area contributed by atoms with E-state index >= 15 is 0 Å². The van der Waals surface area contributed by atoms with Crippen molar-refractivity contribution in [3.63, 3.8) is 0 Å². The molecule has 2 N–H and O–H groups in total. The van der Waals surface area contributed by atoms with Gasteiger partial charge in [-0.1, -0.05) is 17.7 Å². The van der Waals surface area contributed by atoms with Crippen molar-refractivity contribution in [2.75, 3.05) is 5.32 Å². The van der Waals surface area contributed by atoms with Crippen LogP contribution in [0.1, 0.15) is 20.8 Å². The Bertz CT molecular complexity index is 358. The molecule has 15 heavy (non-hydrogen) atoms. The average molecular weight is 227 g/mol. The first kappa shape index (κ1) is 11.9. The van der Waals surface area contributed by atoms with Crippen molar-refractivity contribution in [2.45, 2.75) is 26.3 Å². The molecular formula is C11H15ClN2O. The van der Waals surface area contributed by atoms with Gasteiger partial charge in [0.15, 0.2) is 0 Å². The second-order valence-electron chi connectivity index (χ2n) is 4.34. The van der Waals surface area contributed by atoms with E-state index < -0.39 is 0 Å². The molecule has 0 aromatic heterocycles. The van der Waals surface area contributed by atoms with E-state index in [2.05, 4.69) is 10.6 Å². The number of amides is 2. The smallest absolute Gasteiger partial charge is 0.319 e. The number of hydrogen-bond acceptors (Lipinski definition) is 1. The summed E-state index contributed by atoms with van der Waals surface area (Å²) in [6.07, 6.45) is 0. The molecule has 0 fully saturated rings. The van der Waals surface area contributed by atoms with Crippen molar-refractivity contribution in [3.8, 4) is 0 Å². The highest BCUT2D eigenvalue weighted by Gasteiger charge is 2.13. The number of benzene rings is 1. The average Bonchev–Trinajstić information content (AvgIpc) is 1.99. The maximum Gasteiger partial charge on any atom is 0.319 e. The van der Waals surface area contributed by atoms with Crippen LogP contribution in [0.2, 0.25) is 5.02 Å². The van der Waals surface area contributed by atoms with Gasteiger partial charge in [-0.15, -0.1) is 0 Å². The lowest BCUT2D eigenvalue weighted by atomic mass is 10.1. The Morgan fingerprint density at radius 3 is 2.53 bits per heavy atom. The normalized spacial score (nSPS) is 10.9. The lowest BCUT2D eigenvalue weighted by molar-refractivity contribution is 0.244. The summed E-state index contributed by atoms with van der Waals surface area (Å²) >= 11 is 5.79. The molecule has 0 spiro atoms. The third kappa shape index (κ3) is 4.70. The lowest BCUT2D eigenvalue weighted by Gasteiger charge is -2.20. The highest BCUT2D eigenvalue weighted by Crippen LogP contribution is 2.14. The molecule has 0 heterocycles. The summed E-state index contributed by atoms with van der Waals surface area (Å²) in [5.41, 5.74) is 0.437. The minimum atomic E-state index is -0.247. The van der Waals surface area contributed by atoms with Crippen LogP contribution in [-0.4, -0.2) is 11.6 Å². The van der Waals surface area contributed by atoms with Crippen LogP contribution in [0.3, 0.4) is 0 Å². The largest absolute Gasteiger partial charge is 0.333 e. The predicted molar refractivity (Wildman–Crippen MR) is 63.4 cm³/mol. The first-order chi connectivity index (χ1) is 6.87. The molecule has 1 aromatic carbocycles. The number of carbonyl (C=O) groups excluding carboxylic acids is 1. The standard InChI is InChI=1S/C11H15ClN2O/c1-11(2,3)14-10(15)13-9-6-4-5-8(12)7-9/h4-7H,1-3H3,(H2,13,14,15). The fourth-order valence-electron chi connectivity index (χ4n) is 1.07. The summed E-state index contributed by atoms with van der Waals surface area (Å²) < 4.78 is 0. The van der Waals surface area contributed by atoms with Gasteiger partial charge < -0.3 is 10.6 Å². The van der Waals surface area contributed by atoms with Gasteiger partial charge in [-0.25, -0.2) is 4.79 Å². The van der Waals surface area contributed by atoms with Gasteiger partial charge in [0.2, 0.25) is 0 Å². The second-order valence-corrected chi connectivity index (χ2v) is 4.78. The van der Waals surface area contributed by atoms with Gasteiger partial charge in [0.25, 0.3) is 0 Å². The quantitative estimate of drug-likeness (QED) is 0.758. The third-order valence-corrected chi connectivity index (χ3v) is 1.81. The fourth-order valence-corrected chi connectivity index (χ4v) is 1.26. The molecule has 2 amide bonds. The number of anilines is 1. The van der Waals surface area contributed by atoms with Crippen LogP contribution in [0.4, 0.5) is 10.5 Å². The van der Waals surface area contributed by atoms with E-state index in [4.69, 9.17) is 11.6 Å². The van der Waals surface area contributed by atoms with Gasteiger partial charge in [-0.3, -0.25) is 0 Å². The molecule has 3 nitrogen and oxygen atoms in total. The van der Waals surface area contributed by atoms with Crippen molar-refractivity contribution in [2.24, 2.45) is 0 Å². The van der Waals surface area contributed by atoms with Gasteiger partial charge in [-0.05, 0) is 39.0 Å². The van der Waals surface area contributed by atoms with Crippen LogP contribution >= 0.6 is 11.6 Å². The molecule has 1 aromatic rings. The molecule has 1 rings (SSSR count). The summed E-state index contributed by atoms with van der Waals surface area (Å²) in [7, 11) is 0.